The molecule has 2 aromatic carbocycles. The summed E-state index contributed by atoms with van der Waals surface area (Å²) in [6.07, 6.45) is 10.2. The molecule has 0 radical (unpaired) electrons. The fraction of sp³-hybridized carbons (Fsp3) is 0.357. The van der Waals surface area contributed by atoms with Gasteiger partial charge in [-0.15, -0.1) is 0 Å². The molecule has 1 aliphatic heterocycles. The molecule has 166 valence electrons. The second kappa shape index (κ2) is 11.5. The Morgan fingerprint density at radius 2 is 1.81 bits per heavy atom. The third kappa shape index (κ3) is 5.50. The minimum absolute atomic E-state index is 0.119. The van der Waals surface area contributed by atoms with Crippen LogP contribution in [0.4, 0.5) is 0 Å². The zero-order chi connectivity index (χ0) is 23.1. The highest BCUT2D eigenvalue weighted by Crippen LogP contribution is 2.29. The summed E-state index contributed by atoms with van der Waals surface area (Å²) >= 11 is 6.15. The van der Waals surface area contributed by atoms with Crippen LogP contribution in [0.3, 0.4) is 0 Å². The van der Waals surface area contributed by atoms with E-state index in [4.69, 9.17) is 11.6 Å². The number of hydrogen-bond donors (Lipinski definition) is 0. The van der Waals surface area contributed by atoms with Crippen LogP contribution in [0.5, 0.6) is 0 Å². The molecule has 3 rings (SSSR count). The Kier molecular flexibility index (Phi) is 8.70. The summed E-state index contributed by atoms with van der Waals surface area (Å²) in [5, 5.41) is 9.61. The van der Waals surface area contributed by atoms with Crippen LogP contribution >= 0.6 is 11.6 Å². The molecule has 1 unspecified atom stereocenters. The minimum Gasteiger partial charge on any atom is -0.170 e. The van der Waals surface area contributed by atoms with Gasteiger partial charge in [-0.3, -0.25) is 0 Å². The molecule has 0 N–H and O–H groups in total. The van der Waals surface area contributed by atoms with E-state index in [2.05, 4.69) is 87.0 Å². The monoisotopic (exact) mass is 444 g/mol. The van der Waals surface area contributed by atoms with Crippen LogP contribution in [0.15, 0.2) is 71.4 Å². The molecule has 0 spiro atoms. The first-order chi connectivity index (χ1) is 15.5. The Morgan fingerprint density at radius 1 is 1.06 bits per heavy atom. The van der Waals surface area contributed by atoms with Crippen molar-refractivity contribution in [3.8, 4) is 0 Å². The van der Waals surface area contributed by atoms with Gasteiger partial charge in [0, 0.05) is 22.2 Å². The van der Waals surface area contributed by atoms with Crippen molar-refractivity contribution >= 4 is 40.6 Å². The van der Waals surface area contributed by atoms with E-state index in [-0.39, 0.29) is 6.71 Å². The second-order valence-electron chi connectivity index (χ2n) is 8.56. The molecule has 0 aliphatic carbocycles. The van der Waals surface area contributed by atoms with Gasteiger partial charge in [0.05, 0.1) is 0 Å². The van der Waals surface area contributed by atoms with Crippen molar-refractivity contribution in [2.24, 2.45) is 10.2 Å². The normalized spacial score (nSPS) is 14.6. The van der Waals surface area contributed by atoms with Crippen molar-refractivity contribution in [1.82, 2.24) is 0 Å². The van der Waals surface area contributed by atoms with Crippen molar-refractivity contribution in [3.05, 3.63) is 82.9 Å². The summed E-state index contributed by atoms with van der Waals surface area (Å²) < 4.78 is 0. The Balaban J connectivity index is 2.11. The van der Waals surface area contributed by atoms with Crippen LogP contribution in [0.1, 0.15) is 82.4 Å². The molecule has 2 nitrogen and oxygen atoms in total. The number of rotatable bonds is 10. The molecule has 32 heavy (non-hydrogen) atoms. The van der Waals surface area contributed by atoms with Crippen molar-refractivity contribution in [2.45, 2.75) is 65.7 Å². The van der Waals surface area contributed by atoms with E-state index < -0.39 is 0 Å². The molecule has 0 aromatic heterocycles. The quantitative estimate of drug-likeness (QED) is 0.265. The summed E-state index contributed by atoms with van der Waals surface area (Å²) in [6, 6.07) is 14.9. The van der Waals surface area contributed by atoms with Gasteiger partial charge in [0.2, 0.25) is 0 Å². The largest absolute Gasteiger partial charge is 0.282 e. The molecule has 4 heteroatoms. The molecule has 1 heterocycles. The first-order valence-electron chi connectivity index (χ1n) is 11.9. The highest BCUT2D eigenvalue weighted by Gasteiger charge is 2.32. The van der Waals surface area contributed by atoms with Gasteiger partial charge >= 0.3 is 0 Å². The van der Waals surface area contributed by atoms with Crippen molar-refractivity contribution < 1.29 is 0 Å². The standard InChI is InChI=1S/C28H34BClN2/c1-6-9-10-12-23(11-7-2)24-15-18-27(29-21(5)31-32-28(29)8-3)26(19-24)20(4)22-13-16-25(30)17-14-22/h10,12-19,23H,4,6-9,11H2,1-3,5H3. The van der Waals surface area contributed by atoms with E-state index in [1.807, 2.05) is 12.1 Å². The van der Waals surface area contributed by atoms with Gasteiger partial charge in [-0.2, -0.15) is 10.2 Å². The summed E-state index contributed by atoms with van der Waals surface area (Å²) in [6.45, 7) is 13.3. The Hall–Kier alpha value is -2.39. The molecular formula is C28H34BClN2. The fourth-order valence-electron chi connectivity index (χ4n) is 4.42. The van der Waals surface area contributed by atoms with Crippen LogP contribution in [0.25, 0.3) is 5.57 Å². The molecule has 0 saturated heterocycles. The zero-order valence-electron chi connectivity index (χ0n) is 19.9. The Bertz CT molecular complexity index is 1030. The number of allylic oxidation sites excluding steroid dienone is 2. The van der Waals surface area contributed by atoms with E-state index in [1.165, 1.54) is 23.0 Å². The van der Waals surface area contributed by atoms with Crippen LogP contribution in [0, 0.1) is 0 Å². The number of benzene rings is 2. The van der Waals surface area contributed by atoms with Gasteiger partial charge in [-0.25, -0.2) is 0 Å². The molecule has 1 aliphatic rings. The summed E-state index contributed by atoms with van der Waals surface area (Å²) in [5.74, 6) is 0.412. The lowest BCUT2D eigenvalue weighted by Crippen LogP contribution is -2.44. The lowest BCUT2D eigenvalue weighted by molar-refractivity contribution is 0.714. The minimum atomic E-state index is 0.119. The average molecular weight is 445 g/mol. The molecule has 0 fully saturated rings. The zero-order valence-corrected chi connectivity index (χ0v) is 20.6. The van der Waals surface area contributed by atoms with Gasteiger partial charge in [0.25, 0.3) is 6.71 Å². The molecule has 0 saturated carbocycles. The maximum absolute atomic E-state index is 6.15. The van der Waals surface area contributed by atoms with E-state index in [0.29, 0.717) is 5.92 Å². The van der Waals surface area contributed by atoms with Gasteiger partial charge < -0.3 is 0 Å². The summed E-state index contributed by atoms with van der Waals surface area (Å²) in [5.41, 5.74) is 8.03. The molecule has 0 bridgehead atoms. The predicted octanol–water partition coefficient (Wildman–Crippen LogP) is 7.66. The molecule has 0 amide bonds. The Morgan fingerprint density at radius 3 is 2.47 bits per heavy atom. The van der Waals surface area contributed by atoms with E-state index in [1.54, 1.807) is 0 Å². The number of unbranched alkanes of at least 4 members (excludes halogenated alkanes) is 1. The number of hydrogen-bond acceptors (Lipinski definition) is 2. The van der Waals surface area contributed by atoms with Gasteiger partial charge in [-0.1, -0.05) is 99.7 Å². The lowest BCUT2D eigenvalue weighted by Gasteiger charge is -2.21. The maximum Gasteiger partial charge on any atom is 0.282 e. The first kappa shape index (κ1) is 24.3. The Labute approximate surface area is 199 Å². The molecule has 2 aromatic rings. The maximum atomic E-state index is 6.15. The van der Waals surface area contributed by atoms with Gasteiger partial charge in [0.15, 0.2) is 0 Å². The van der Waals surface area contributed by atoms with Crippen molar-refractivity contribution in [2.75, 3.05) is 0 Å². The topological polar surface area (TPSA) is 24.7 Å². The summed E-state index contributed by atoms with van der Waals surface area (Å²) in [7, 11) is 0. The van der Waals surface area contributed by atoms with Crippen LogP contribution in [-0.2, 0) is 0 Å². The van der Waals surface area contributed by atoms with Crippen molar-refractivity contribution in [3.63, 3.8) is 0 Å². The van der Waals surface area contributed by atoms with E-state index in [9.17, 15) is 0 Å². The average Bonchev–Trinajstić information content (AvgIpc) is 3.18. The van der Waals surface area contributed by atoms with Gasteiger partial charge in [-0.05, 0) is 60.6 Å². The van der Waals surface area contributed by atoms with Crippen molar-refractivity contribution in [1.29, 1.82) is 0 Å². The number of nitrogens with zero attached hydrogens (tertiary/aromatic N) is 2. The third-order valence-corrected chi connectivity index (χ3v) is 6.46. The van der Waals surface area contributed by atoms with Crippen LogP contribution < -0.4 is 5.46 Å². The highest BCUT2D eigenvalue weighted by atomic mass is 35.5. The first-order valence-corrected chi connectivity index (χ1v) is 12.2. The van der Waals surface area contributed by atoms with E-state index >= 15 is 0 Å². The van der Waals surface area contributed by atoms with Crippen LogP contribution in [-0.4, -0.2) is 17.9 Å². The van der Waals surface area contributed by atoms with Gasteiger partial charge in [0.1, 0.15) is 0 Å². The molecule has 1 atom stereocenters. The predicted molar refractivity (Wildman–Crippen MR) is 144 cm³/mol. The summed E-state index contributed by atoms with van der Waals surface area (Å²) in [4.78, 5) is 0. The highest BCUT2D eigenvalue weighted by molar-refractivity contribution is 7.20. The number of halogens is 1. The SMILES string of the molecule is C=C(c1ccc(Cl)cc1)c1cc(C(C=CCCC)CCC)ccc1B1C(C)=NN=C1CC. The third-order valence-electron chi connectivity index (χ3n) is 6.21. The molecular weight excluding hydrogens is 411 g/mol. The van der Waals surface area contributed by atoms with E-state index in [0.717, 1.165) is 53.1 Å². The fourth-order valence-corrected chi connectivity index (χ4v) is 4.54. The smallest absolute Gasteiger partial charge is 0.170 e. The second-order valence-corrected chi connectivity index (χ2v) is 9.00. The lowest BCUT2D eigenvalue weighted by atomic mass is 9.37. The van der Waals surface area contributed by atoms with Crippen LogP contribution in [0.2, 0.25) is 5.02 Å².